The van der Waals surface area contributed by atoms with E-state index in [1.165, 1.54) is 37.6 Å². The van der Waals surface area contributed by atoms with E-state index in [9.17, 15) is 4.39 Å². The Bertz CT molecular complexity index is 1420. The number of rotatable bonds is 7. The fourth-order valence-electron chi connectivity index (χ4n) is 4.82. The van der Waals surface area contributed by atoms with E-state index < -0.39 is 5.82 Å². The molecule has 36 heavy (non-hydrogen) atoms. The normalized spacial score (nSPS) is 13.9. The van der Waals surface area contributed by atoms with Gasteiger partial charge in [-0.15, -0.1) is 0 Å². The lowest BCUT2D eigenvalue weighted by atomic mass is 9.99. The van der Waals surface area contributed by atoms with Crippen molar-refractivity contribution >= 4 is 45.1 Å². The Morgan fingerprint density at radius 3 is 2.67 bits per heavy atom. The lowest BCUT2D eigenvalue weighted by Gasteiger charge is -2.17. The van der Waals surface area contributed by atoms with Gasteiger partial charge < -0.3 is 16.0 Å². The fraction of sp³-hybridized carbons (Fsp3) is 0.233. The smallest absolute Gasteiger partial charge is 0.148 e. The first-order valence-electron chi connectivity index (χ1n) is 12.3. The molecular formula is C30H30ClFN4. The second-order valence-corrected chi connectivity index (χ2v) is 9.94. The molecule has 0 atom stereocenters. The first kappa shape index (κ1) is 24.3. The highest BCUT2D eigenvalue weighted by molar-refractivity contribution is 6.33. The zero-order chi connectivity index (χ0) is 25.2. The Morgan fingerprint density at radius 1 is 1.11 bits per heavy atom. The number of nitrogens with one attached hydrogen (secondary N) is 1. The number of nitrogens with two attached hydrogens (primary N) is 1. The van der Waals surface area contributed by atoms with Crippen LogP contribution in [0.4, 0.5) is 21.5 Å². The van der Waals surface area contributed by atoms with Gasteiger partial charge in [0.05, 0.1) is 21.9 Å². The van der Waals surface area contributed by atoms with Crippen molar-refractivity contribution < 1.29 is 4.39 Å². The van der Waals surface area contributed by atoms with E-state index in [0.717, 1.165) is 51.9 Å². The van der Waals surface area contributed by atoms with Crippen molar-refractivity contribution in [3.8, 4) is 11.1 Å². The van der Waals surface area contributed by atoms with Crippen LogP contribution in [0.2, 0.25) is 5.02 Å². The Morgan fingerprint density at radius 2 is 1.92 bits per heavy atom. The molecule has 1 aliphatic heterocycles. The van der Waals surface area contributed by atoms with E-state index in [1.54, 1.807) is 6.07 Å². The maximum Gasteiger partial charge on any atom is 0.148 e. The minimum atomic E-state index is -0.532. The highest BCUT2D eigenvalue weighted by Gasteiger charge is 2.15. The fourth-order valence-corrected chi connectivity index (χ4v) is 5.03. The largest absolute Gasteiger partial charge is 0.395 e. The first-order chi connectivity index (χ1) is 17.4. The minimum absolute atomic E-state index is 0.0422. The number of nitrogen functional groups attached to an aromatic ring is 1. The maximum absolute atomic E-state index is 14.3. The molecule has 4 aromatic rings. The Labute approximate surface area is 216 Å². The second-order valence-electron chi connectivity index (χ2n) is 9.54. The predicted octanol–water partition coefficient (Wildman–Crippen LogP) is 7.69. The average Bonchev–Trinajstić information content (AvgIpc) is 3.39. The number of hydrogen-bond donors (Lipinski definition) is 2. The van der Waals surface area contributed by atoms with Gasteiger partial charge in [-0.25, -0.2) is 4.39 Å². The van der Waals surface area contributed by atoms with Crippen molar-refractivity contribution in [2.24, 2.45) is 0 Å². The van der Waals surface area contributed by atoms with Crippen molar-refractivity contribution in [2.75, 3.05) is 30.7 Å². The molecule has 6 heteroatoms. The van der Waals surface area contributed by atoms with Crippen LogP contribution < -0.4 is 11.1 Å². The molecule has 184 valence electrons. The second kappa shape index (κ2) is 10.3. The SMILES string of the molecule is C=C(C)c1cnc2ccc(-c3cc(F)c(N)c(Cl)c3)cc2c1Nc1cccc(CCN2CCCC2)c1. The topological polar surface area (TPSA) is 54.2 Å². The van der Waals surface area contributed by atoms with Crippen LogP contribution in [0.25, 0.3) is 27.6 Å². The highest BCUT2D eigenvalue weighted by atomic mass is 35.5. The molecule has 0 bridgehead atoms. The third kappa shape index (κ3) is 5.08. The van der Waals surface area contributed by atoms with Crippen LogP contribution in [-0.2, 0) is 6.42 Å². The number of benzene rings is 3. The van der Waals surface area contributed by atoms with Gasteiger partial charge >= 0.3 is 0 Å². The van der Waals surface area contributed by atoms with Gasteiger partial charge in [-0.2, -0.15) is 0 Å². The van der Waals surface area contributed by atoms with Gasteiger partial charge in [0.1, 0.15) is 5.82 Å². The van der Waals surface area contributed by atoms with E-state index >= 15 is 0 Å². The van der Waals surface area contributed by atoms with Gasteiger partial charge in [-0.1, -0.05) is 36.4 Å². The molecule has 0 amide bonds. The lowest BCUT2D eigenvalue weighted by molar-refractivity contribution is 0.343. The monoisotopic (exact) mass is 500 g/mol. The van der Waals surface area contributed by atoms with Crippen molar-refractivity contribution in [2.45, 2.75) is 26.2 Å². The minimum Gasteiger partial charge on any atom is -0.395 e. The first-order valence-corrected chi connectivity index (χ1v) is 12.7. The van der Waals surface area contributed by atoms with E-state index in [2.05, 4.69) is 46.0 Å². The number of hydrogen-bond acceptors (Lipinski definition) is 4. The van der Waals surface area contributed by atoms with Crippen LogP contribution in [0.15, 0.2) is 67.4 Å². The number of nitrogens with zero attached hydrogens (tertiary/aromatic N) is 2. The molecule has 1 fully saturated rings. The van der Waals surface area contributed by atoms with Gasteiger partial charge in [0.2, 0.25) is 0 Å². The van der Waals surface area contributed by atoms with Gasteiger partial charge in [-0.3, -0.25) is 4.98 Å². The zero-order valence-corrected chi connectivity index (χ0v) is 21.2. The molecule has 0 unspecified atom stereocenters. The Hall–Kier alpha value is -3.41. The summed E-state index contributed by atoms with van der Waals surface area (Å²) in [7, 11) is 0. The highest BCUT2D eigenvalue weighted by Crippen LogP contribution is 2.36. The number of anilines is 3. The Balaban J connectivity index is 1.53. The van der Waals surface area contributed by atoms with Gasteiger partial charge in [0, 0.05) is 29.4 Å². The standard InChI is InChI=1S/C30H30ClFN4/c1-19(2)25-18-34-28-9-8-21(22-16-26(31)29(33)27(32)17-22)15-24(28)30(25)35-23-7-5-6-20(14-23)10-13-36-11-3-4-12-36/h5-9,14-18H,1,3-4,10-13,33H2,2H3,(H,34,35). The summed E-state index contributed by atoms with van der Waals surface area (Å²) >= 11 is 6.17. The van der Waals surface area contributed by atoms with Gasteiger partial charge in [0.25, 0.3) is 0 Å². The van der Waals surface area contributed by atoms with Crippen LogP contribution >= 0.6 is 11.6 Å². The molecule has 1 aliphatic rings. The van der Waals surface area contributed by atoms with E-state index in [-0.39, 0.29) is 10.7 Å². The summed E-state index contributed by atoms with van der Waals surface area (Å²) in [6, 6.07) is 17.5. The third-order valence-corrected chi connectivity index (χ3v) is 7.16. The Kier molecular flexibility index (Phi) is 6.95. The third-order valence-electron chi connectivity index (χ3n) is 6.85. The molecular weight excluding hydrogens is 471 g/mol. The number of halogens is 2. The summed E-state index contributed by atoms with van der Waals surface area (Å²) in [6.45, 7) is 9.64. The van der Waals surface area contributed by atoms with Crippen molar-refractivity contribution in [3.63, 3.8) is 0 Å². The van der Waals surface area contributed by atoms with Crippen LogP contribution in [0.3, 0.4) is 0 Å². The molecule has 3 aromatic carbocycles. The number of pyridine rings is 1. The molecule has 1 saturated heterocycles. The molecule has 4 nitrogen and oxygen atoms in total. The molecule has 5 rings (SSSR count). The van der Waals surface area contributed by atoms with E-state index in [4.69, 9.17) is 17.3 Å². The number of likely N-dealkylation sites (tertiary alicyclic amines) is 1. The van der Waals surface area contributed by atoms with Crippen LogP contribution in [0, 0.1) is 5.82 Å². The van der Waals surface area contributed by atoms with E-state index in [0.29, 0.717) is 5.56 Å². The zero-order valence-electron chi connectivity index (χ0n) is 20.5. The molecule has 0 radical (unpaired) electrons. The molecule has 3 N–H and O–H groups in total. The van der Waals surface area contributed by atoms with Crippen molar-refractivity contribution in [3.05, 3.63) is 89.3 Å². The summed E-state index contributed by atoms with van der Waals surface area (Å²) in [4.78, 5) is 7.18. The van der Waals surface area contributed by atoms with Gasteiger partial charge in [-0.05, 0) is 97.9 Å². The molecule has 1 aromatic heterocycles. The molecule has 0 spiro atoms. The molecule has 0 saturated carbocycles. The number of aromatic nitrogens is 1. The quantitative estimate of drug-likeness (QED) is 0.255. The van der Waals surface area contributed by atoms with Crippen LogP contribution in [-0.4, -0.2) is 29.5 Å². The van der Waals surface area contributed by atoms with Gasteiger partial charge in [0.15, 0.2) is 0 Å². The van der Waals surface area contributed by atoms with Crippen LogP contribution in [0.5, 0.6) is 0 Å². The number of fused-ring (bicyclic) bond motifs is 1. The van der Waals surface area contributed by atoms with E-state index in [1.807, 2.05) is 31.3 Å². The number of allylic oxidation sites excluding steroid dienone is 1. The summed E-state index contributed by atoms with van der Waals surface area (Å²) in [5.74, 6) is -0.532. The summed E-state index contributed by atoms with van der Waals surface area (Å²) < 4.78 is 14.3. The van der Waals surface area contributed by atoms with Crippen molar-refractivity contribution in [1.82, 2.24) is 9.88 Å². The van der Waals surface area contributed by atoms with Crippen LogP contribution in [0.1, 0.15) is 30.9 Å². The molecule has 2 heterocycles. The summed E-state index contributed by atoms with van der Waals surface area (Å²) in [6.07, 6.45) is 5.48. The predicted molar refractivity (Wildman–Crippen MR) is 150 cm³/mol. The van der Waals surface area contributed by atoms with Crippen molar-refractivity contribution in [1.29, 1.82) is 0 Å². The maximum atomic E-state index is 14.3. The average molecular weight is 501 g/mol. The summed E-state index contributed by atoms with van der Waals surface area (Å²) in [5, 5.41) is 4.76. The summed E-state index contributed by atoms with van der Waals surface area (Å²) in [5.41, 5.74) is 13.1. The molecule has 0 aliphatic carbocycles. The lowest BCUT2D eigenvalue weighted by Crippen LogP contribution is -2.21.